The summed E-state index contributed by atoms with van der Waals surface area (Å²) in [6.07, 6.45) is 0.466. The van der Waals surface area contributed by atoms with Gasteiger partial charge in [0, 0.05) is 0 Å². The van der Waals surface area contributed by atoms with E-state index in [1.165, 1.54) is 0 Å². The third kappa shape index (κ3) is 6.34. The number of hydrogen-bond acceptors (Lipinski definition) is 3. The molecule has 9 heavy (non-hydrogen) atoms. The van der Waals surface area contributed by atoms with Crippen molar-refractivity contribution in [2.24, 2.45) is 0 Å². The van der Waals surface area contributed by atoms with Crippen molar-refractivity contribution in [1.29, 1.82) is 0 Å². The van der Waals surface area contributed by atoms with Gasteiger partial charge in [-0.2, -0.15) is 0 Å². The summed E-state index contributed by atoms with van der Waals surface area (Å²) in [5.41, 5.74) is -0.675. The van der Waals surface area contributed by atoms with Crippen LogP contribution in [0.1, 0.15) is 13.3 Å². The summed E-state index contributed by atoms with van der Waals surface area (Å²) in [6.45, 7) is 1.72. The Bertz CT molecular complexity index is 121. The molecule has 0 spiro atoms. The van der Waals surface area contributed by atoms with Gasteiger partial charge in [0.05, 0.1) is 0 Å². The van der Waals surface area contributed by atoms with Gasteiger partial charge in [-0.1, -0.05) is 6.92 Å². The average Bonchev–Trinajstić information content (AvgIpc) is 1.62. The number of hydrogen-bond donors (Lipinski definition) is 3. The predicted molar refractivity (Wildman–Crippen MR) is 36.2 cm³/mol. The number of thiol groups is 1. The van der Waals surface area contributed by atoms with Gasteiger partial charge in [-0.05, 0) is 6.42 Å². The second-order valence-corrected chi connectivity index (χ2v) is 3.23. The first-order chi connectivity index (χ1) is 3.95. The van der Waals surface area contributed by atoms with E-state index >= 15 is 0 Å². The Morgan fingerprint density at radius 2 is 2.22 bits per heavy atom. The molecule has 0 amide bonds. The van der Waals surface area contributed by atoms with E-state index in [2.05, 4.69) is 17.2 Å². The van der Waals surface area contributed by atoms with Crippen molar-refractivity contribution in [3.05, 3.63) is 0 Å². The van der Waals surface area contributed by atoms with Crippen LogP contribution in [-0.2, 0) is 9.09 Å². The van der Waals surface area contributed by atoms with Gasteiger partial charge in [-0.3, -0.25) is 4.52 Å². The largest absolute Gasteiger partial charge is 0.470 e. The van der Waals surface area contributed by atoms with Crippen LogP contribution in [0.25, 0.3) is 0 Å². The fourth-order valence-electron chi connectivity index (χ4n) is 0.233. The molecule has 56 valence electrons. The lowest BCUT2D eigenvalue weighted by Gasteiger charge is -2.08. The maximum Gasteiger partial charge on any atom is 0.470 e. The molecular formula is C3H9O4PS. The van der Waals surface area contributed by atoms with E-state index in [0.717, 1.165) is 0 Å². The van der Waals surface area contributed by atoms with E-state index in [1.54, 1.807) is 6.92 Å². The van der Waals surface area contributed by atoms with Gasteiger partial charge in [-0.15, -0.1) is 12.6 Å². The molecule has 0 aromatic rings. The SMILES string of the molecule is CCC(S)OP(=O)(O)O. The van der Waals surface area contributed by atoms with E-state index in [1.807, 2.05) is 0 Å². The van der Waals surface area contributed by atoms with E-state index in [9.17, 15) is 4.57 Å². The Kier molecular flexibility index (Phi) is 3.77. The van der Waals surface area contributed by atoms with Crippen LogP contribution in [0.2, 0.25) is 0 Å². The van der Waals surface area contributed by atoms with Crippen LogP contribution in [0.15, 0.2) is 0 Å². The summed E-state index contributed by atoms with van der Waals surface area (Å²) in [4.78, 5) is 16.3. The molecule has 0 aliphatic heterocycles. The topological polar surface area (TPSA) is 66.8 Å². The zero-order chi connectivity index (χ0) is 7.49. The van der Waals surface area contributed by atoms with Crippen LogP contribution in [0.5, 0.6) is 0 Å². The van der Waals surface area contributed by atoms with Gasteiger partial charge in [0.15, 0.2) is 0 Å². The van der Waals surface area contributed by atoms with Crippen LogP contribution in [-0.4, -0.2) is 15.2 Å². The summed E-state index contributed by atoms with van der Waals surface area (Å²) >= 11 is 3.71. The van der Waals surface area contributed by atoms with Crippen molar-refractivity contribution < 1.29 is 18.9 Å². The van der Waals surface area contributed by atoms with Crippen molar-refractivity contribution in [3.8, 4) is 0 Å². The fourth-order valence-corrected chi connectivity index (χ4v) is 1.07. The standard InChI is InChI=1S/C3H9O4PS/c1-2-3(9)7-8(4,5)6/h3,9H,2H2,1H3,(H2,4,5,6). The van der Waals surface area contributed by atoms with E-state index in [-0.39, 0.29) is 0 Å². The zero-order valence-electron chi connectivity index (χ0n) is 4.89. The highest BCUT2D eigenvalue weighted by molar-refractivity contribution is 7.81. The van der Waals surface area contributed by atoms with Gasteiger partial charge >= 0.3 is 7.82 Å². The van der Waals surface area contributed by atoms with Crippen molar-refractivity contribution in [2.45, 2.75) is 18.8 Å². The van der Waals surface area contributed by atoms with Gasteiger partial charge in [0.2, 0.25) is 0 Å². The molecule has 0 rings (SSSR count). The van der Waals surface area contributed by atoms with E-state index < -0.39 is 13.3 Å². The molecule has 0 radical (unpaired) electrons. The third-order valence-electron chi connectivity index (χ3n) is 0.608. The van der Waals surface area contributed by atoms with Gasteiger partial charge in [0.25, 0.3) is 0 Å². The Morgan fingerprint density at radius 1 is 1.78 bits per heavy atom. The van der Waals surface area contributed by atoms with Crippen molar-refractivity contribution in [3.63, 3.8) is 0 Å². The van der Waals surface area contributed by atoms with Gasteiger partial charge in [-0.25, -0.2) is 4.57 Å². The summed E-state index contributed by atoms with van der Waals surface area (Å²) in [5.74, 6) is 0. The summed E-state index contributed by atoms with van der Waals surface area (Å²) < 4.78 is 14.1. The molecule has 0 bridgehead atoms. The number of phosphoric ester groups is 1. The molecule has 0 saturated carbocycles. The first kappa shape index (κ1) is 9.46. The quantitative estimate of drug-likeness (QED) is 0.334. The molecule has 4 nitrogen and oxygen atoms in total. The lowest BCUT2D eigenvalue weighted by molar-refractivity contribution is 0.181. The number of rotatable bonds is 3. The van der Waals surface area contributed by atoms with Gasteiger partial charge < -0.3 is 9.79 Å². The molecule has 2 N–H and O–H groups in total. The second-order valence-electron chi connectivity index (χ2n) is 1.46. The number of phosphoric acid groups is 1. The molecule has 0 aromatic carbocycles. The molecule has 6 heteroatoms. The van der Waals surface area contributed by atoms with Crippen LogP contribution in [0.4, 0.5) is 0 Å². The summed E-state index contributed by atoms with van der Waals surface area (Å²) in [7, 11) is -4.31. The van der Waals surface area contributed by atoms with Crippen LogP contribution < -0.4 is 0 Å². The molecular weight excluding hydrogens is 163 g/mol. The maximum absolute atomic E-state index is 10.0. The molecule has 0 aromatic heterocycles. The van der Waals surface area contributed by atoms with Crippen molar-refractivity contribution in [1.82, 2.24) is 0 Å². The molecule has 0 heterocycles. The molecule has 1 atom stereocenters. The Labute approximate surface area is 58.9 Å². The first-order valence-electron chi connectivity index (χ1n) is 2.37. The van der Waals surface area contributed by atoms with Gasteiger partial charge in [0.1, 0.15) is 5.44 Å². The average molecular weight is 172 g/mol. The zero-order valence-corrected chi connectivity index (χ0v) is 6.68. The Balaban J connectivity index is 3.60. The lowest BCUT2D eigenvalue weighted by Crippen LogP contribution is -2.00. The summed E-state index contributed by atoms with van der Waals surface area (Å²) in [6, 6.07) is 0. The molecule has 1 unspecified atom stereocenters. The normalized spacial score (nSPS) is 15.6. The Hall–Kier alpha value is 0.460. The third-order valence-corrected chi connectivity index (χ3v) is 1.77. The molecule has 0 fully saturated rings. The van der Waals surface area contributed by atoms with Crippen LogP contribution in [0, 0.1) is 0 Å². The fraction of sp³-hybridized carbons (Fsp3) is 1.00. The van der Waals surface area contributed by atoms with E-state index in [4.69, 9.17) is 9.79 Å². The molecule has 0 aliphatic carbocycles. The van der Waals surface area contributed by atoms with Crippen molar-refractivity contribution >= 4 is 20.5 Å². The molecule has 0 saturated heterocycles. The van der Waals surface area contributed by atoms with Crippen molar-refractivity contribution in [2.75, 3.05) is 0 Å². The predicted octanol–water partition coefficient (Wildman–Crippen LogP) is 0.762. The molecule has 0 aliphatic rings. The minimum Gasteiger partial charge on any atom is -0.303 e. The minimum absolute atomic E-state index is 0.466. The van der Waals surface area contributed by atoms with E-state index in [0.29, 0.717) is 6.42 Å². The second kappa shape index (κ2) is 3.58. The highest BCUT2D eigenvalue weighted by Crippen LogP contribution is 2.38. The van der Waals surface area contributed by atoms with Crippen LogP contribution >= 0.6 is 20.5 Å². The smallest absolute Gasteiger partial charge is 0.303 e. The maximum atomic E-state index is 10.0. The Morgan fingerprint density at radius 3 is 2.33 bits per heavy atom. The lowest BCUT2D eigenvalue weighted by atomic mass is 10.5. The monoisotopic (exact) mass is 172 g/mol. The highest BCUT2D eigenvalue weighted by atomic mass is 32.1. The minimum atomic E-state index is -4.31. The van der Waals surface area contributed by atoms with Crippen LogP contribution in [0.3, 0.4) is 0 Å². The summed E-state index contributed by atoms with van der Waals surface area (Å²) in [5, 5.41) is 0. The first-order valence-corrected chi connectivity index (χ1v) is 4.42. The highest BCUT2D eigenvalue weighted by Gasteiger charge is 2.17.